The number of piperidine rings is 1. The minimum Gasteiger partial charge on any atom is -0.383 e. The van der Waals surface area contributed by atoms with Crippen molar-refractivity contribution in [2.45, 2.75) is 25.7 Å². The maximum Gasteiger partial charge on any atom is 0.227 e. The number of nitrogens with one attached hydrogen (secondary N) is 1. The van der Waals surface area contributed by atoms with Crippen LogP contribution in [0.15, 0.2) is 54.6 Å². The van der Waals surface area contributed by atoms with Crippen LogP contribution in [0.4, 0.5) is 0 Å². The lowest BCUT2D eigenvalue weighted by Crippen LogP contribution is -2.48. The predicted octanol–water partition coefficient (Wildman–Crippen LogP) is 2.93. The monoisotopic (exact) mass is 394 g/mol. The van der Waals surface area contributed by atoms with Crippen LogP contribution in [0.1, 0.15) is 29.0 Å². The molecule has 1 aliphatic heterocycles. The van der Waals surface area contributed by atoms with E-state index in [0.717, 1.165) is 12.0 Å². The van der Waals surface area contributed by atoms with Crippen LogP contribution >= 0.6 is 0 Å². The van der Waals surface area contributed by atoms with Crippen LogP contribution in [-0.2, 0) is 20.7 Å². The number of aryl methyl sites for hydroxylation is 1. The van der Waals surface area contributed by atoms with Crippen molar-refractivity contribution in [3.63, 3.8) is 0 Å². The van der Waals surface area contributed by atoms with Crippen LogP contribution in [0.5, 0.6) is 0 Å². The van der Waals surface area contributed by atoms with Crippen LogP contribution in [0.3, 0.4) is 0 Å². The Morgan fingerprint density at radius 3 is 2.62 bits per heavy atom. The summed E-state index contributed by atoms with van der Waals surface area (Å²) in [5, 5.41) is 2.94. The molecule has 2 aromatic rings. The molecule has 1 saturated heterocycles. The first-order valence-corrected chi connectivity index (χ1v) is 10.2. The second kappa shape index (κ2) is 10.2. The van der Waals surface area contributed by atoms with Gasteiger partial charge in [-0.05, 0) is 24.5 Å². The molecule has 1 heterocycles. The smallest absolute Gasteiger partial charge is 0.227 e. The Hall–Kier alpha value is -2.66. The summed E-state index contributed by atoms with van der Waals surface area (Å²) in [6.45, 7) is 4.15. The summed E-state index contributed by atoms with van der Waals surface area (Å²) in [7, 11) is 1.62. The second-order valence-corrected chi connectivity index (χ2v) is 7.79. The Morgan fingerprint density at radius 2 is 1.90 bits per heavy atom. The summed E-state index contributed by atoms with van der Waals surface area (Å²) in [4.78, 5) is 27.6. The molecule has 154 valence electrons. The molecule has 0 radical (unpaired) electrons. The van der Waals surface area contributed by atoms with Gasteiger partial charge in [-0.1, -0.05) is 60.2 Å². The number of amides is 2. The van der Waals surface area contributed by atoms with Crippen molar-refractivity contribution in [1.82, 2.24) is 10.2 Å². The van der Waals surface area contributed by atoms with Gasteiger partial charge in [-0.25, -0.2) is 0 Å². The molecule has 0 aromatic heterocycles. The van der Waals surface area contributed by atoms with Crippen LogP contribution in [0, 0.1) is 12.8 Å². The Balaban J connectivity index is 1.75. The number of ether oxygens (including phenoxy) is 1. The highest BCUT2D eigenvalue weighted by molar-refractivity contribution is 5.82. The van der Waals surface area contributed by atoms with Gasteiger partial charge in [-0.3, -0.25) is 9.59 Å². The fourth-order valence-electron chi connectivity index (χ4n) is 3.96. The van der Waals surface area contributed by atoms with E-state index in [1.54, 1.807) is 7.11 Å². The van der Waals surface area contributed by atoms with Gasteiger partial charge in [-0.2, -0.15) is 0 Å². The molecular weight excluding hydrogens is 364 g/mol. The fourth-order valence-corrected chi connectivity index (χ4v) is 3.96. The third-order valence-electron chi connectivity index (χ3n) is 5.49. The van der Waals surface area contributed by atoms with Gasteiger partial charge in [0.25, 0.3) is 0 Å². The molecule has 3 rings (SSSR count). The molecular formula is C24H30N2O3. The van der Waals surface area contributed by atoms with Crippen molar-refractivity contribution in [2.24, 2.45) is 5.92 Å². The number of hydrogen-bond acceptors (Lipinski definition) is 3. The molecule has 29 heavy (non-hydrogen) atoms. The van der Waals surface area contributed by atoms with E-state index in [-0.39, 0.29) is 23.7 Å². The van der Waals surface area contributed by atoms with Crippen LogP contribution < -0.4 is 5.32 Å². The van der Waals surface area contributed by atoms with E-state index in [4.69, 9.17) is 4.74 Å². The Bertz CT molecular complexity index is 822. The van der Waals surface area contributed by atoms with E-state index >= 15 is 0 Å². The van der Waals surface area contributed by atoms with Gasteiger partial charge in [0.1, 0.15) is 0 Å². The average molecular weight is 395 g/mol. The van der Waals surface area contributed by atoms with Gasteiger partial charge in [0, 0.05) is 32.7 Å². The molecule has 1 fully saturated rings. The number of likely N-dealkylation sites (tertiary alicyclic amines) is 1. The zero-order valence-corrected chi connectivity index (χ0v) is 17.3. The third kappa shape index (κ3) is 5.91. The first-order valence-electron chi connectivity index (χ1n) is 10.2. The highest BCUT2D eigenvalue weighted by Crippen LogP contribution is 2.31. The lowest BCUT2D eigenvalue weighted by Gasteiger charge is -2.37. The first kappa shape index (κ1) is 21.1. The largest absolute Gasteiger partial charge is 0.383 e. The molecule has 2 aromatic carbocycles. The lowest BCUT2D eigenvalue weighted by atomic mass is 9.83. The topological polar surface area (TPSA) is 58.6 Å². The zero-order chi connectivity index (χ0) is 20.6. The summed E-state index contributed by atoms with van der Waals surface area (Å²) in [5.74, 6) is 0.00699. The number of hydrogen-bond donors (Lipinski definition) is 1. The fraction of sp³-hybridized carbons (Fsp3) is 0.417. The quantitative estimate of drug-likeness (QED) is 0.735. The minimum atomic E-state index is -0.217. The number of carbonyl (C=O) groups excluding carboxylic acids is 2. The van der Waals surface area contributed by atoms with Gasteiger partial charge in [0.15, 0.2) is 0 Å². The zero-order valence-electron chi connectivity index (χ0n) is 17.3. The average Bonchev–Trinajstić information content (AvgIpc) is 2.74. The van der Waals surface area contributed by atoms with E-state index in [0.29, 0.717) is 32.7 Å². The molecule has 0 bridgehead atoms. The number of nitrogens with zero attached hydrogens (tertiary/aromatic N) is 1. The molecule has 5 heteroatoms. The highest BCUT2D eigenvalue weighted by Gasteiger charge is 2.34. The van der Waals surface area contributed by atoms with Crippen molar-refractivity contribution in [3.8, 4) is 0 Å². The van der Waals surface area contributed by atoms with Crippen molar-refractivity contribution in [1.29, 1.82) is 0 Å². The summed E-state index contributed by atoms with van der Waals surface area (Å²) in [5.41, 5.74) is 3.38. The number of rotatable bonds is 7. The molecule has 0 aliphatic carbocycles. The van der Waals surface area contributed by atoms with Crippen molar-refractivity contribution < 1.29 is 14.3 Å². The van der Waals surface area contributed by atoms with Gasteiger partial charge in [0.05, 0.1) is 18.9 Å². The summed E-state index contributed by atoms with van der Waals surface area (Å²) >= 11 is 0. The van der Waals surface area contributed by atoms with E-state index in [2.05, 4.69) is 30.4 Å². The van der Waals surface area contributed by atoms with E-state index < -0.39 is 0 Å². The molecule has 1 aliphatic rings. The third-order valence-corrected chi connectivity index (χ3v) is 5.49. The Labute approximate surface area is 173 Å². The van der Waals surface area contributed by atoms with Gasteiger partial charge >= 0.3 is 0 Å². The SMILES string of the molecule is COCCNC(=O)C1CC(c2cccc(C)c2)CN(C(=O)Cc2ccccc2)C1. The Morgan fingerprint density at radius 1 is 1.10 bits per heavy atom. The molecule has 1 N–H and O–H groups in total. The number of benzene rings is 2. The number of methoxy groups -OCH3 is 1. The molecule has 0 saturated carbocycles. The molecule has 5 nitrogen and oxygen atoms in total. The lowest BCUT2D eigenvalue weighted by molar-refractivity contribution is -0.135. The van der Waals surface area contributed by atoms with Gasteiger partial charge < -0.3 is 15.0 Å². The van der Waals surface area contributed by atoms with Crippen LogP contribution in [-0.4, -0.2) is 50.1 Å². The predicted molar refractivity (Wildman–Crippen MR) is 114 cm³/mol. The van der Waals surface area contributed by atoms with Gasteiger partial charge in [-0.15, -0.1) is 0 Å². The van der Waals surface area contributed by atoms with Crippen LogP contribution in [0.2, 0.25) is 0 Å². The normalized spacial score (nSPS) is 19.0. The molecule has 2 amide bonds. The van der Waals surface area contributed by atoms with Crippen molar-refractivity contribution in [3.05, 3.63) is 71.3 Å². The van der Waals surface area contributed by atoms with Crippen LogP contribution in [0.25, 0.3) is 0 Å². The van der Waals surface area contributed by atoms with E-state index in [1.807, 2.05) is 41.3 Å². The Kier molecular flexibility index (Phi) is 7.42. The molecule has 2 atom stereocenters. The first-order chi connectivity index (χ1) is 14.1. The van der Waals surface area contributed by atoms with E-state index in [1.165, 1.54) is 11.1 Å². The van der Waals surface area contributed by atoms with Crippen molar-refractivity contribution in [2.75, 3.05) is 33.4 Å². The summed E-state index contributed by atoms with van der Waals surface area (Å²) in [6.07, 6.45) is 1.11. The van der Waals surface area contributed by atoms with Crippen molar-refractivity contribution >= 4 is 11.8 Å². The molecule has 0 spiro atoms. The maximum atomic E-state index is 13.0. The molecule has 2 unspecified atom stereocenters. The van der Waals surface area contributed by atoms with E-state index in [9.17, 15) is 9.59 Å². The minimum absolute atomic E-state index is 0.00286. The second-order valence-electron chi connectivity index (χ2n) is 7.79. The maximum absolute atomic E-state index is 13.0. The standard InChI is InChI=1S/C24H30N2O3/c1-18-7-6-10-20(13-18)21-15-22(24(28)25-11-12-29-2)17-26(16-21)23(27)14-19-8-4-3-5-9-19/h3-10,13,21-22H,11-12,14-17H2,1-2H3,(H,25,28). The summed E-state index contributed by atoms with van der Waals surface area (Å²) in [6, 6.07) is 18.1. The summed E-state index contributed by atoms with van der Waals surface area (Å²) < 4.78 is 5.03. The highest BCUT2D eigenvalue weighted by atomic mass is 16.5. The van der Waals surface area contributed by atoms with Gasteiger partial charge in [0.2, 0.25) is 11.8 Å². The number of carbonyl (C=O) groups is 2.